The molecule has 1 aromatic rings. The number of amides is 1. The van der Waals surface area contributed by atoms with Crippen molar-refractivity contribution in [2.45, 2.75) is 6.42 Å². The molecule has 2 heterocycles. The van der Waals surface area contributed by atoms with Crippen molar-refractivity contribution in [3.63, 3.8) is 0 Å². The van der Waals surface area contributed by atoms with Gasteiger partial charge in [-0.25, -0.2) is 4.99 Å². The number of carbonyl (C=O) groups is 1. The molecular weight excluding hydrogens is 303 g/mol. The minimum Gasteiger partial charge on any atom is -0.286 e. The van der Waals surface area contributed by atoms with E-state index in [-0.39, 0.29) is 5.91 Å². The first kappa shape index (κ1) is 13.0. The van der Waals surface area contributed by atoms with Crippen molar-refractivity contribution in [1.82, 2.24) is 4.90 Å². The van der Waals surface area contributed by atoms with Gasteiger partial charge < -0.3 is 0 Å². The third-order valence-electron chi connectivity index (χ3n) is 2.94. The molecule has 0 bridgehead atoms. The normalized spacial score (nSPS) is 20.7. The first-order chi connectivity index (χ1) is 9.16. The van der Waals surface area contributed by atoms with Gasteiger partial charge in [0.2, 0.25) is 0 Å². The number of halogens is 2. The molecule has 0 N–H and O–H groups in total. The minimum atomic E-state index is -0.0572. The van der Waals surface area contributed by atoms with Gasteiger partial charge in [-0.15, -0.1) is 0 Å². The second-order valence-electron chi connectivity index (χ2n) is 4.23. The number of amidine groups is 1. The molecule has 19 heavy (non-hydrogen) atoms. The lowest BCUT2D eigenvalue weighted by Gasteiger charge is -2.21. The summed E-state index contributed by atoms with van der Waals surface area (Å²) in [5, 5.41) is 1.71. The number of benzene rings is 1. The summed E-state index contributed by atoms with van der Waals surface area (Å²) in [6.07, 6.45) is 2.70. The number of rotatable bonds is 1. The van der Waals surface area contributed by atoms with Crippen molar-refractivity contribution in [3.05, 3.63) is 39.5 Å². The average molecular weight is 313 g/mol. The first-order valence-corrected chi connectivity index (χ1v) is 7.60. The van der Waals surface area contributed by atoms with E-state index in [4.69, 9.17) is 23.2 Å². The zero-order valence-electron chi connectivity index (χ0n) is 9.90. The Labute approximate surface area is 125 Å². The highest BCUT2D eigenvalue weighted by Crippen LogP contribution is 2.31. The molecule has 2 aliphatic rings. The Morgan fingerprint density at radius 2 is 2.21 bits per heavy atom. The number of aliphatic imine (C=N–C) groups is 1. The number of thioether (sulfide) groups is 1. The van der Waals surface area contributed by atoms with Crippen LogP contribution in [0.4, 0.5) is 0 Å². The molecular formula is C13H10Cl2N2OS. The summed E-state index contributed by atoms with van der Waals surface area (Å²) in [7, 11) is 0. The number of nitrogens with zero attached hydrogens (tertiary/aromatic N) is 2. The smallest absolute Gasteiger partial charge is 0.278 e. The Balaban J connectivity index is 1.98. The zero-order chi connectivity index (χ0) is 13.4. The zero-order valence-corrected chi connectivity index (χ0v) is 12.2. The first-order valence-electron chi connectivity index (χ1n) is 5.86. The SMILES string of the molecule is O=C1/C(=C/c2cccc(Cl)c2Cl)N=C2SCCCN12. The van der Waals surface area contributed by atoms with Crippen molar-refractivity contribution in [2.75, 3.05) is 12.3 Å². The molecule has 0 unspecified atom stereocenters. The van der Waals surface area contributed by atoms with Crippen LogP contribution >= 0.6 is 35.0 Å². The van der Waals surface area contributed by atoms with E-state index in [0.717, 1.165) is 23.9 Å². The molecule has 0 spiro atoms. The molecule has 1 aromatic carbocycles. The Kier molecular flexibility index (Phi) is 3.56. The van der Waals surface area contributed by atoms with E-state index in [2.05, 4.69) is 4.99 Å². The van der Waals surface area contributed by atoms with Gasteiger partial charge in [-0.3, -0.25) is 9.69 Å². The van der Waals surface area contributed by atoms with Gasteiger partial charge in [0.1, 0.15) is 5.70 Å². The third kappa shape index (κ3) is 2.40. The summed E-state index contributed by atoms with van der Waals surface area (Å²) >= 11 is 13.7. The van der Waals surface area contributed by atoms with Gasteiger partial charge in [-0.05, 0) is 24.1 Å². The molecule has 3 nitrogen and oxygen atoms in total. The van der Waals surface area contributed by atoms with Crippen molar-refractivity contribution < 1.29 is 4.79 Å². The topological polar surface area (TPSA) is 32.7 Å². The second-order valence-corrected chi connectivity index (χ2v) is 6.07. The van der Waals surface area contributed by atoms with E-state index in [0.29, 0.717) is 21.3 Å². The fraction of sp³-hybridized carbons (Fsp3) is 0.231. The molecule has 0 saturated carbocycles. The molecule has 6 heteroatoms. The lowest BCUT2D eigenvalue weighted by Crippen LogP contribution is -2.34. The minimum absolute atomic E-state index is 0.0572. The van der Waals surface area contributed by atoms with Crippen molar-refractivity contribution in [3.8, 4) is 0 Å². The summed E-state index contributed by atoms with van der Waals surface area (Å²) in [6.45, 7) is 0.741. The van der Waals surface area contributed by atoms with Crippen LogP contribution < -0.4 is 0 Å². The van der Waals surface area contributed by atoms with Crippen LogP contribution in [0.3, 0.4) is 0 Å². The van der Waals surface area contributed by atoms with Crippen molar-refractivity contribution in [2.24, 2.45) is 4.99 Å². The number of fused-ring (bicyclic) bond motifs is 1. The maximum absolute atomic E-state index is 12.2. The summed E-state index contributed by atoms with van der Waals surface area (Å²) in [4.78, 5) is 18.3. The standard InChI is InChI=1S/C13H10Cl2N2OS/c14-9-4-1-3-8(11(9)15)7-10-12(18)17-5-2-6-19-13(17)16-10/h1,3-4,7H,2,5-6H2/b10-7-. The van der Waals surface area contributed by atoms with E-state index in [1.54, 1.807) is 34.9 Å². The third-order valence-corrected chi connectivity index (χ3v) is 4.84. The van der Waals surface area contributed by atoms with Gasteiger partial charge in [0, 0.05) is 12.3 Å². The quantitative estimate of drug-likeness (QED) is 0.741. The number of hydrogen-bond acceptors (Lipinski definition) is 3. The highest BCUT2D eigenvalue weighted by atomic mass is 35.5. The Morgan fingerprint density at radius 3 is 3.00 bits per heavy atom. The van der Waals surface area contributed by atoms with Crippen LogP contribution in [0.5, 0.6) is 0 Å². The molecule has 0 aromatic heterocycles. The Morgan fingerprint density at radius 1 is 1.37 bits per heavy atom. The largest absolute Gasteiger partial charge is 0.286 e. The molecule has 0 atom stereocenters. The molecule has 3 rings (SSSR count). The lowest BCUT2D eigenvalue weighted by atomic mass is 10.2. The van der Waals surface area contributed by atoms with Crippen LogP contribution in [-0.4, -0.2) is 28.3 Å². The van der Waals surface area contributed by atoms with Gasteiger partial charge >= 0.3 is 0 Å². The molecule has 1 fully saturated rings. The fourth-order valence-corrected chi connectivity index (χ4v) is 3.31. The van der Waals surface area contributed by atoms with Gasteiger partial charge in [0.05, 0.1) is 10.0 Å². The highest BCUT2D eigenvalue weighted by molar-refractivity contribution is 8.13. The number of hydrogen-bond donors (Lipinski definition) is 0. The summed E-state index contributed by atoms with van der Waals surface area (Å²) < 4.78 is 0. The van der Waals surface area contributed by atoms with Gasteiger partial charge in [0.15, 0.2) is 5.17 Å². The van der Waals surface area contributed by atoms with E-state index >= 15 is 0 Å². The molecule has 1 amide bonds. The van der Waals surface area contributed by atoms with Crippen LogP contribution in [-0.2, 0) is 4.79 Å². The average Bonchev–Trinajstić information content (AvgIpc) is 2.73. The maximum Gasteiger partial charge on any atom is 0.278 e. The summed E-state index contributed by atoms with van der Waals surface area (Å²) in [5.41, 5.74) is 1.14. The molecule has 98 valence electrons. The van der Waals surface area contributed by atoms with E-state index in [1.165, 1.54) is 0 Å². The molecule has 0 radical (unpaired) electrons. The molecule has 2 aliphatic heterocycles. The highest BCUT2D eigenvalue weighted by Gasteiger charge is 2.32. The van der Waals surface area contributed by atoms with Crippen LogP contribution in [0.25, 0.3) is 6.08 Å². The lowest BCUT2D eigenvalue weighted by molar-refractivity contribution is -0.122. The second kappa shape index (κ2) is 5.19. The summed E-state index contributed by atoms with van der Waals surface area (Å²) in [5.74, 6) is 0.951. The van der Waals surface area contributed by atoms with Gasteiger partial charge in [0.25, 0.3) is 5.91 Å². The number of carbonyl (C=O) groups excluding carboxylic acids is 1. The van der Waals surface area contributed by atoms with E-state index < -0.39 is 0 Å². The Hall–Kier alpha value is -0.970. The summed E-state index contributed by atoms with van der Waals surface area (Å²) in [6, 6.07) is 5.34. The van der Waals surface area contributed by atoms with Crippen LogP contribution in [0.2, 0.25) is 10.0 Å². The fourth-order valence-electron chi connectivity index (χ4n) is 2.00. The molecule has 1 saturated heterocycles. The van der Waals surface area contributed by atoms with Crippen LogP contribution in [0.15, 0.2) is 28.9 Å². The Bertz CT molecular complexity index is 613. The van der Waals surface area contributed by atoms with Crippen LogP contribution in [0.1, 0.15) is 12.0 Å². The predicted octanol–water partition coefficient (Wildman–Crippen LogP) is 3.67. The van der Waals surface area contributed by atoms with Crippen molar-refractivity contribution in [1.29, 1.82) is 0 Å². The van der Waals surface area contributed by atoms with Crippen LogP contribution in [0, 0.1) is 0 Å². The monoisotopic (exact) mass is 312 g/mol. The van der Waals surface area contributed by atoms with E-state index in [1.807, 2.05) is 6.07 Å². The van der Waals surface area contributed by atoms with Gasteiger partial charge in [-0.2, -0.15) is 0 Å². The van der Waals surface area contributed by atoms with Gasteiger partial charge in [-0.1, -0.05) is 47.1 Å². The predicted molar refractivity (Wildman–Crippen MR) is 80.7 cm³/mol. The van der Waals surface area contributed by atoms with Crippen molar-refractivity contribution >= 4 is 52.1 Å². The molecule has 0 aliphatic carbocycles. The van der Waals surface area contributed by atoms with E-state index in [9.17, 15) is 4.79 Å². The maximum atomic E-state index is 12.2.